The molecule has 2 aromatic rings. The molecule has 0 bridgehead atoms. The summed E-state index contributed by atoms with van der Waals surface area (Å²) in [6, 6.07) is 10.5. The molecular formula is C20H27ClN4O4. The van der Waals surface area contributed by atoms with E-state index in [1.54, 1.807) is 24.3 Å². The zero-order valence-electron chi connectivity index (χ0n) is 16.2. The molecule has 1 atom stereocenters. The van der Waals surface area contributed by atoms with Gasteiger partial charge in [-0.25, -0.2) is 0 Å². The van der Waals surface area contributed by atoms with Crippen LogP contribution in [0.25, 0.3) is 11.3 Å². The van der Waals surface area contributed by atoms with Crippen molar-refractivity contribution in [2.24, 2.45) is 5.73 Å². The lowest BCUT2D eigenvalue weighted by molar-refractivity contribution is -0.384. The topological polar surface area (TPSA) is 115 Å². The van der Waals surface area contributed by atoms with E-state index >= 15 is 0 Å². The molecular weight excluding hydrogens is 396 g/mol. The lowest BCUT2D eigenvalue weighted by Crippen LogP contribution is -2.46. The predicted molar refractivity (Wildman–Crippen MR) is 113 cm³/mol. The van der Waals surface area contributed by atoms with Crippen LogP contribution in [0.4, 0.5) is 5.69 Å². The second-order valence-corrected chi connectivity index (χ2v) is 7.00. The van der Waals surface area contributed by atoms with Crippen molar-refractivity contribution in [2.45, 2.75) is 38.3 Å². The number of furan rings is 1. The molecule has 3 rings (SSSR count). The van der Waals surface area contributed by atoms with Crippen molar-refractivity contribution in [3.8, 4) is 11.3 Å². The number of carbonyl (C=O) groups is 1. The molecule has 1 amide bonds. The zero-order valence-corrected chi connectivity index (χ0v) is 17.0. The highest BCUT2D eigenvalue weighted by atomic mass is 35.5. The third kappa shape index (κ3) is 6.03. The Morgan fingerprint density at radius 1 is 1.28 bits per heavy atom. The van der Waals surface area contributed by atoms with Crippen LogP contribution in [-0.4, -0.2) is 41.4 Å². The number of hydrogen-bond donors (Lipinski definition) is 2. The molecule has 1 unspecified atom stereocenters. The quantitative estimate of drug-likeness (QED) is 0.499. The molecule has 2 heterocycles. The molecule has 0 aliphatic carbocycles. The number of piperidine rings is 1. The summed E-state index contributed by atoms with van der Waals surface area (Å²) in [5, 5.41) is 14.2. The fraction of sp³-hybridized carbons (Fsp3) is 0.450. The van der Waals surface area contributed by atoms with Gasteiger partial charge in [0.25, 0.3) is 5.69 Å². The van der Waals surface area contributed by atoms with Crippen molar-refractivity contribution in [3.63, 3.8) is 0 Å². The van der Waals surface area contributed by atoms with Gasteiger partial charge in [-0.3, -0.25) is 19.8 Å². The summed E-state index contributed by atoms with van der Waals surface area (Å²) in [5.41, 5.74) is 5.93. The lowest BCUT2D eigenvalue weighted by Gasteiger charge is -2.35. The van der Waals surface area contributed by atoms with Crippen molar-refractivity contribution in [1.29, 1.82) is 0 Å². The summed E-state index contributed by atoms with van der Waals surface area (Å²) in [6.07, 6.45) is 3.59. The van der Waals surface area contributed by atoms with Gasteiger partial charge in [-0.05, 0) is 37.6 Å². The van der Waals surface area contributed by atoms with E-state index in [2.05, 4.69) is 10.2 Å². The van der Waals surface area contributed by atoms with Gasteiger partial charge in [-0.2, -0.15) is 0 Å². The maximum atomic E-state index is 11.7. The average Bonchev–Trinajstić information content (AvgIpc) is 3.16. The standard InChI is InChI=1S/C20H26N4O4.ClH/c21-11-10-20(25)22-13-15-5-3-4-12-23(15)14-16-8-9-19(28-16)17-6-1-2-7-18(17)24(26)27;/h1-2,6-9,15H,3-5,10-14,21H2,(H,22,25);1H. The largest absolute Gasteiger partial charge is 0.459 e. The highest BCUT2D eigenvalue weighted by Crippen LogP contribution is 2.31. The molecule has 9 heteroatoms. The number of nitro groups is 1. The Hall–Kier alpha value is -2.42. The fourth-order valence-electron chi connectivity index (χ4n) is 3.60. The number of halogens is 1. The number of para-hydroxylation sites is 1. The number of carbonyl (C=O) groups excluding carboxylic acids is 1. The normalized spacial score (nSPS) is 16.8. The SMILES string of the molecule is Cl.NCCC(=O)NCC1CCCCN1Cc1ccc(-c2ccccc2[N+](=O)[O-])o1. The summed E-state index contributed by atoms with van der Waals surface area (Å²) in [7, 11) is 0. The number of hydrogen-bond acceptors (Lipinski definition) is 6. The van der Waals surface area contributed by atoms with Gasteiger partial charge in [0.05, 0.1) is 17.0 Å². The van der Waals surface area contributed by atoms with E-state index in [0.29, 0.717) is 37.4 Å². The Kier molecular flexibility index (Phi) is 8.63. The molecule has 1 aliphatic heterocycles. The second kappa shape index (κ2) is 10.9. The molecule has 0 radical (unpaired) electrons. The maximum absolute atomic E-state index is 11.7. The minimum atomic E-state index is -0.401. The van der Waals surface area contributed by atoms with E-state index in [1.807, 2.05) is 6.07 Å². The number of nitrogens with zero attached hydrogens (tertiary/aromatic N) is 2. The summed E-state index contributed by atoms with van der Waals surface area (Å²) >= 11 is 0. The molecule has 1 saturated heterocycles. The molecule has 3 N–H and O–H groups in total. The molecule has 0 saturated carbocycles. The van der Waals surface area contributed by atoms with E-state index < -0.39 is 4.92 Å². The number of nitro benzene ring substituents is 1. The van der Waals surface area contributed by atoms with Gasteiger partial charge in [0.15, 0.2) is 0 Å². The summed E-state index contributed by atoms with van der Waals surface area (Å²) in [4.78, 5) is 24.9. The van der Waals surface area contributed by atoms with E-state index in [-0.39, 0.29) is 30.0 Å². The van der Waals surface area contributed by atoms with Crippen LogP contribution in [0.3, 0.4) is 0 Å². The molecule has 8 nitrogen and oxygen atoms in total. The van der Waals surface area contributed by atoms with Gasteiger partial charge in [0.2, 0.25) is 5.91 Å². The van der Waals surface area contributed by atoms with Gasteiger partial charge < -0.3 is 15.5 Å². The molecule has 1 fully saturated rings. The van der Waals surface area contributed by atoms with Crippen LogP contribution in [0.2, 0.25) is 0 Å². The van der Waals surface area contributed by atoms with Crippen LogP contribution in [0, 0.1) is 10.1 Å². The Labute approximate surface area is 176 Å². The number of amides is 1. The van der Waals surface area contributed by atoms with E-state index in [4.69, 9.17) is 10.2 Å². The van der Waals surface area contributed by atoms with E-state index in [1.165, 1.54) is 6.07 Å². The monoisotopic (exact) mass is 422 g/mol. The molecule has 1 aromatic carbocycles. The fourth-order valence-corrected chi connectivity index (χ4v) is 3.60. The lowest BCUT2D eigenvalue weighted by atomic mass is 10.0. The number of benzene rings is 1. The number of nitrogens with two attached hydrogens (primary N) is 1. The number of likely N-dealkylation sites (tertiary alicyclic amines) is 1. The Morgan fingerprint density at radius 3 is 2.83 bits per heavy atom. The number of rotatable bonds is 8. The molecule has 1 aliphatic rings. The van der Waals surface area contributed by atoms with Crippen LogP contribution in [0.15, 0.2) is 40.8 Å². The maximum Gasteiger partial charge on any atom is 0.280 e. The van der Waals surface area contributed by atoms with Crippen LogP contribution >= 0.6 is 12.4 Å². The third-order valence-electron chi connectivity index (χ3n) is 5.04. The molecule has 0 spiro atoms. The highest BCUT2D eigenvalue weighted by Gasteiger charge is 2.24. The minimum Gasteiger partial charge on any atom is -0.459 e. The van der Waals surface area contributed by atoms with Gasteiger partial charge in [-0.15, -0.1) is 12.4 Å². The Bertz CT molecular complexity index is 826. The van der Waals surface area contributed by atoms with Crippen molar-refractivity contribution in [2.75, 3.05) is 19.6 Å². The van der Waals surface area contributed by atoms with Crippen LogP contribution < -0.4 is 11.1 Å². The average molecular weight is 423 g/mol. The summed E-state index contributed by atoms with van der Waals surface area (Å²) in [5.74, 6) is 1.23. The van der Waals surface area contributed by atoms with Gasteiger partial charge in [0.1, 0.15) is 11.5 Å². The highest BCUT2D eigenvalue weighted by molar-refractivity contribution is 5.85. The number of nitrogens with one attached hydrogen (secondary N) is 1. The molecule has 29 heavy (non-hydrogen) atoms. The summed E-state index contributed by atoms with van der Waals surface area (Å²) < 4.78 is 5.93. The zero-order chi connectivity index (χ0) is 19.9. The summed E-state index contributed by atoms with van der Waals surface area (Å²) in [6.45, 7) is 2.48. The van der Waals surface area contributed by atoms with Gasteiger partial charge >= 0.3 is 0 Å². The first-order valence-corrected chi connectivity index (χ1v) is 9.62. The van der Waals surface area contributed by atoms with Crippen molar-refractivity contribution >= 4 is 24.0 Å². The smallest absolute Gasteiger partial charge is 0.280 e. The van der Waals surface area contributed by atoms with Crippen molar-refractivity contribution < 1.29 is 14.1 Å². The van der Waals surface area contributed by atoms with Crippen molar-refractivity contribution in [1.82, 2.24) is 10.2 Å². The first-order valence-electron chi connectivity index (χ1n) is 9.62. The van der Waals surface area contributed by atoms with Crippen LogP contribution in [-0.2, 0) is 11.3 Å². The van der Waals surface area contributed by atoms with Gasteiger partial charge in [0, 0.05) is 31.6 Å². The van der Waals surface area contributed by atoms with Crippen LogP contribution in [0.5, 0.6) is 0 Å². The van der Waals surface area contributed by atoms with Gasteiger partial charge in [-0.1, -0.05) is 18.6 Å². The third-order valence-corrected chi connectivity index (χ3v) is 5.04. The Balaban J connectivity index is 0.00000300. The van der Waals surface area contributed by atoms with Crippen LogP contribution in [0.1, 0.15) is 31.4 Å². The Morgan fingerprint density at radius 2 is 2.07 bits per heavy atom. The first kappa shape index (κ1) is 22.9. The first-order chi connectivity index (χ1) is 13.6. The van der Waals surface area contributed by atoms with E-state index in [9.17, 15) is 14.9 Å². The van der Waals surface area contributed by atoms with Crippen molar-refractivity contribution in [3.05, 3.63) is 52.3 Å². The molecule has 158 valence electrons. The minimum absolute atomic E-state index is 0. The predicted octanol–water partition coefficient (Wildman–Crippen LogP) is 3.10. The second-order valence-electron chi connectivity index (χ2n) is 7.00. The van der Waals surface area contributed by atoms with E-state index in [0.717, 1.165) is 31.6 Å². The molecule has 1 aromatic heterocycles.